The molecule has 0 bridgehead atoms. The van der Waals surface area contributed by atoms with E-state index < -0.39 is 5.92 Å². The summed E-state index contributed by atoms with van der Waals surface area (Å²) in [4.78, 5) is 38.9. The van der Waals surface area contributed by atoms with Crippen LogP contribution in [0.2, 0.25) is 0 Å². The lowest BCUT2D eigenvalue weighted by Crippen LogP contribution is -2.32. The molecule has 37 heavy (non-hydrogen) atoms. The highest BCUT2D eigenvalue weighted by molar-refractivity contribution is 6.00. The van der Waals surface area contributed by atoms with Crippen LogP contribution in [-0.2, 0) is 20.9 Å². The van der Waals surface area contributed by atoms with Gasteiger partial charge in [0.1, 0.15) is 11.6 Å². The molecule has 3 amide bonds. The number of halogens is 1. The number of ether oxygens (including phenoxy) is 3. The molecule has 5 rings (SSSR count). The first kappa shape index (κ1) is 24.1. The average molecular weight is 506 g/mol. The van der Waals surface area contributed by atoms with Crippen molar-refractivity contribution in [3.63, 3.8) is 0 Å². The molecule has 0 saturated carbocycles. The zero-order valence-corrected chi connectivity index (χ0v) is 19.7. The zero-order chi connectivity index (χ0) is 25.8. The summed E-state index contributed by atoms with van der Waals surface area (Å²) >= 11 is 0. The third kappa shape index (κ3) is 5.80. The van der Waals surface area contributed by atoms with Crippen molar-refractivity contribution in [3.05, 3.63) is 78.1 Å². The lowest BCUT2D eigenvalue weighted by molar-refractivity contribution is -0.126. The Morgan fingerprint density at radius 3 is 2.54 bits per heavy atom. The molecule has 2 heterocycles. The van der Waals surface area contributed by atoms with Crippen molar-refractivity contribution < 1.29 is 33.0 Å². The summed E-state index contributed by atoms with van der Waals surface area (Å²) in [7, 11) is 0. The fraction of sp³-hybridized carbons (Fsp3) is 0.222. The number of hydrogen-bond acceptors (Lipinski definition) is 6. The van der Waals surface area contributed by atoms with Crippen LogP contribution < -0.4 is 29.7 Å². The van der Waals surface area contributed by atoms with Gasteiger partial charge in [-0.05, 0) is 66.2 Å². The van der Waals surface area contributed by atoms with E-state index in [2.05, 4.69) is 10.6 Å². The Labute approximate surface area is 212 Å². The van der Waals surface area contributed by atoms with E-state index in [1.54, 1.807) is 35.2 Å². The van der Waals surface area contributed by atoms with E-state index in [-0.39, 0.29) is 49.9 Å². The highest BCUT2D eigenvalue weighted by atomic mass is 19.1. The molecule has 0 unspecified atom stereocenters. The van der Waals surface area contributed by atoms with Gasteiger partial charge in [0.05, 0.1) is 5.92 Å². The summed E-state index contributed by atoms with van der Waals surface area (Å²) in [5.74, 6) is 0.192. The molecule has 1 saturated heterocycles. The molecular formula is C27H24FN3O6. The van der Waals surface area contributed by atoms with Crippen molar-refractivity contribution in [2.75, 3.05) is 30.2 Å². The van der Waals surface area contributed by atoms with E-state index in [4.69, 9.17) is 14.2 Å². The molecule has 10 heteroatoms. The Kier molecular flexibility index (Phi) is 6.89. The average Bonchev–Trinajstić information content (AvgIpc) is 3.54. The third-order valence-electron chi connectivity index (χ3n) is 6.05. The van der Waals surface area contributed by atoms with Crippen molar-refractivity contribution in [1.82, 2.24) is 5.32 Å². The molecule has 9 nitrogen and oxygen atoms in total. The third-order valence-corrected chi connectivity index (χ3v) is 6.05. The monoisotopic (exact) mass is 505 g/mol. The van der Waals surface area contributed by atoms with Crippen molar-refractivity contribution in [1.29, 1.82) is 0 Å². The standard InChI is InChI=1S/C27H24FN3O6/c28-19-2-4-20(5-3-19)30-25(32)15-35-22-8-6-21(7-9-22)31-14-18(12-26(31)33)27(34)29-13-17-1-10-23-24(11-17)37-16-36-23/h1-11,18H,12-16H2,(H,29,34)(H,30,32)/t18-/m1/s1. The maximum absolute atomic E-state index is 13.0. The molecule has 0 radical (unpaired) electrons. The van der Waals surface area contributed by atoms with Crippen LogP contribution in [0.1, 0.15) is 12.0 Å². The smallest absolute Gasteiger partial charge is 0.262 e. The normalized spacial score (nSPS) is 16.0. The molecule has 3 aromatic carbocycles. The second-order valence-corrected chi connectivity index (χ2v) is 8.65. The van der Waals surface area contributed by atoms with Gasteiger partial charge in [0.25, 0.3) is 5.91 Å². The van der Waals surface area contributed by atoms with Crippen LogP contribution in [0, 0.1) is 11.7 Å². The van der Waals surface area contributed by atoms with Crippen molar-refractivity contribution in [3.8, 4) is 17.2 Å². The molecule has 0 aromatic heterocycles. The number of benzene rings is 3. The lowest BCUT2D eigenvalue weighted by atomic mass is 10.1. The zero-order valence-electron chi connectivity index (χ0n) is 19.7. The van der Waals surface area contributed by atoms with Gasteiger partial charge < -0.3 is 29.7 Å². The van der Waals surface area contributed by atoms with Gasteiger partial charge in [-0.1, -0.05) is 6.07 Å². The van der Waals surface area contributed by atoms with Gasteiger partial charge in [-0.3, -0.25) is 14.4 Å². The SMILES string of the molecule is O=C(COc1ccc(N2C[C@H](C(=O)NCc3ccc4c(c3)OCO4)CC2=O)cc1)Nc1ccc(F)cc1. The van der Waals surface area contributed by atoms with E-state index >= 15 is 0 Å². The maximum Gasteiger partial charge on any atom is 0.262 e. The first-order valence-corrected chi connectivity index (χ1v) is 11.7. The number of carbonyl (C=O) groups is 3. The first-order valence-electron chi connectivity index (χ1n) is 11.7. The van der Waals surface area contributed by atoms with Crippen molar-refractivity contribution in [2.24, 2.45) is 5.92 Å². The van der Waals surface area contributed by atoms with Crippen molar-refractivity contribution >= 4 is 29.1 Å². The predicted molar refractivity (Wildman–Crippen MR) is 132 cm³/mol. The van der Waals surface area contributed by atoms with E-state index in [9.17, 15) is 18.8 Å². The molecule has 3 aromatic rings. The number of carbonyl (C=O) groups excluding carboxylic acids is 3. The topological polar surface area (TPSA) is 106 Å². The number of nitrogens with one attached hydrogen (secondary N) is 2. The van der Waals surface area contributed by atoms with Crippen LogP contribution in [0.5, 0.6) is 17.2 Å². The molecule has 0 spiro atoms. The second-order valence-electron chi connectivity index (χ2n) is 8.65. The Morgan fingerprint density at radius 1 is 1.00 bits per heavy atom. The summed E-state index contributed by atoms with van der Waals surface area (Å²) in [5, 5.41) is 5.51. The quantitative estimate of drug-likeness (QED) is 0.487. The first-order chi connectivity index (χ1) is 17.9. The largest absolute Gasteiger partial charge is 0.484 e. The Bertz CT molecular complexity index is 1310. The summed E-state index contributed by atoms with van der Waals surface area (Å²) in [5.41, 5.74) is 1.98. The van der Waals surface area contributed by atoms with Gasteiger partial charge in [0.2, 0.25) is 18.6 Å². The summed E-state index contributed by atoms with van der Waals surface area (Å²) in [6.07, 6.45) is 0.120. The van der Waals surface area contributed by atoms with Gasteiger partial charge in [-0.2, -0.15) is 0 Å². The number of rotatable bonds is 8. The Hall–Kier alpha value is -4.60. The molecular weight excluding hydrogens is 481 g/mol. The molecule has 1 fully saturated rings. The maximum atomic E-state index is 13.0. The number of amides is 3. The molecule has 190 valence electrons. The minimum atomic E-state index is -0.465. The Morgan fingerprint density at radius 2 is 1.76 bits per heavy atom. The fourth-order valence-corrected chi connectivity index (χ4v) is 4.12. The van der Waals surface area contributed by atoms with Crippen LogP contribution >= 0.6 is 0 Å². The van der Waals surface area contributed by atoms with Crippen LogP contribution in [0.4, 0.5) is 15.8 Å². The van der Waals surface area contributed by atoms with Crippen LogP contribution in [0.15, 0.2) is 66.7 Å². The Balaban J connectivity index is 1.10. The van der Waals surface area contributed by atoms with Crippen LogP contribution in [0.25, 0.3) is 0 Å². The highest BCUT2D eigenvalue weighted by Gasteiger charge is 2.35. The molecule has 2 N–H and O–H groups in total. The fourth-order valence-electron chi connectivity index (χ4n) is 4.12. The number of anilines is 2. The highest BCUT2D eigenvalue weighted by Crippen LogP contribution is 2.32. The summed E-state index contributed by atoms with van der Waals surface area (Å²) in [6, 6.07) is 17.6. The molecule has 1 atom stereocenters. The van der Waals surface area contributed by atoms with Gasteiger partial charge in [0, 0.05) is 30.9 Å². The predicted octanol–water partition coefficient (Wildman–Crippen LogP) is 3.24. The van der Waals surface area contributed by atoms with Crippen molar-refractivity contribution in [2.45, 2.75) is 13.0 Å². The van der Waals surface area contributed by atoms with Gasteiger partial charge in [-0.15, -0.1) is 0 Å². The van der Waals surface area contributed by atoms with E-state index in [1.807, 2.05) is 12.1 Å². The number of nitrogens with zero attached hydrogens (tertiary/aromatic N) is 1. The van der Waals surface area contributed by atoms with E-state index in [1.165, 1.54) is 24.3 Å². The van der Waals surface area contributed by atoms with E-state index in [0.717, 1.165) is 5.56 Å². The summed E-state index contributed by atoms with van der Waals surface area (Å²) in [6.45, 7) is 0.545. The molecule has 0 aliphatic carbocycles. The minimum Gasteiger partial charge on any atom is -0.484 e. The molecule has 2 aliphatic heterocycles. The van der Waals surface area contributed by atoms with Gasteiger partial charge in [-0.25, -0.2) is 4.39 Å². The van der Waals surface area contributed by atoms with E-state index in [0.29, 0.717) is 35.2 Å². The number of fused-ring (bicyclic) bond motifs is 1. The van der Waals surface area contributed by atoms with Crippen LogP contribution in [-0.4, -0.2) is 37.7 Å². The number of hydrogen-bond donors (Lipinski definition) is 2. The molecule has 2 aliphatic rings. The minimum absolute atomic E-state index is 0.120. The van der Waals surface area contributed by atoms with Crippen LogP contribution in [0.3, 0.4) is 0 Å². The lowest BCUT2D eigenvalue weighted by Gasteiger charge is -2.17. The second kappa shape index (κ2) is 10.6. The summed E-state index contributed by atoms with van der Waals surface area (Å²) < 4.78 is 29.1. The van der Waals surface area contributed by atoms with Gasteiger partial charge >= 0.3 is 0 Å². The van der Waals surface area contributed by atoms with Gasteiger partial charge in [0.15, 0.2) is 18.1 Å².